The van der Waals surface area contributed by atoms with Crippen molar-refractivity contribution in [1.82, 2.24) is 15.1 Å². The van der Waals surface area contributed by atoms with Gasteiger partial charge in [-0.25, -0.2) is 4.39 Å². The van der Waals surface area contributed by atoms with Crippen molar-refractivity contribution in [2.45, 2.75) is 0 Å². The van der Waals surface area contributed by atoms with Crippen LogP contribution in [0.25, 0.3) is 5.57 Å². The molecule has 1 aromatic rings. The first-order valence-corrected chi connectivity index (χ1v) is 7.94. The maximum absolute atomic E-state index is 12.3. The Morgan fingerprint density at radius 1 is 1.27 bits per heavy atom. The molecule has 1 saturated heterocycles. The summed E-state index contributed by atoms with van der Waals surface area (Å²) in [4.78, 5) is 4.25. The van der Waals surface area contributed by atoms with E-state index < -0.39 is 0 Å². The number of piperazine rings is 1. The van der Waals surface area contributed by atoms with Gasteiger partial charge in [-0.15, -0.1) is 0 Å². The molecule has 0 aliphatic carbocycles. The summed E-state index contributed by atoms with van der Waals surface area (Å²) in [6.07, 6.45) is 1.93. The third-order valence-electron chi connectivity index (χ3n) is 4.05. The van der Waals surface area contributed by atoms with Gasteiger partial charge in [-0.05, 0) is 18.3 Å². The topological polar surface area (TPSA) is 27.7 Å². The molecule has 118 valence electrons. The standard InChI is InChI=1S/C16H20FN3OS/c17-5-6-19-7-9-20(10-8-19)16(22)18-11-13-12-21-15-4-2-1-3-14(13)15/h1-4,11H,5-10,12H2,(H,18,22)/b13-11-. The number of fused-ring (bicyclic) bond motifs is 1. The molecule has 1 aromatic carbocycles. The van der Waals surface area contributed by atoms with Crippen molar-refractivity contribution in [1.29, 1.82) is 0 Å². The zero-order valence-electron chi connectivity index (χ0n) is 12.4. The van der Waals surface area contributed by atoms with Gasteiger partial charge in [0.1, 0.15) is 19.0 Å². The monoisotopic (exact) mass is 321 g/mol. The maximum Gasteiger partial charge on any atom is 0.173 e. The molecule has 0 atom stereocenters. The van der Waals surface area contributed by atoms with Crippen molar-refractivity contribution in [2.24, 2.45) is 0 Å². The van der Waals surface area contributed by atoms with E-state index in [0.29, 0.717) is 13.2 Å². The van der Waals surface area contributed by atoms with E-state index in [0.717, 1.165) is 48.2 Å². The summed E-state index contributed by atoms with van der Waals surface area (Å²) in [5, 5.41) is 3.92. The van der Waals surface area contributed by atoms with E-state index in [1.54, 1.807) is 0 Å². The van der Waals surface area contributed by atoms with Gasteiger partial charge in [0.15, 0.2) is 5.11 Å². The normalized spacial score (nSPS) is 19.9. The highest BCUT2D eigenvalue weighted by Gasteiger charge is 2.19. The molecule has 1 N–H and O–H groups in total. The summed E-state index contributed by atoms with van der Waals surface area (Å²) in [6, 6.07) is 7.99. The fourth-order valence-electron chi connectivity index (χ4n) is 2.74. The first-order valence-electron chi connectivity index (χ1n) is 7.53. The van der Waals surface area contributed by atoms with E-state index in [2.05, 4.69) is 21.2 Å². The Kier molecular flexibility index (Phi) is 4.90. The van der Waals surface area contributed by atoms with Crippen LogP contribution >= 0.6 is 12.2 Å². The zero-order valence-corrected chi connectivity index (χ0v) is 13.2. The maximum atomic E-state index is 12.3. The molecule has 6 heteroatoms. The summed E-state index contributed by atoms with van der Waals surface area (Å²) >= 11 is 5.45. The van der Waals surface area contributed by atoms with E-state index in [1.807, 2.05) is 24.4 Å². The molecule has 2 heterocycles. The van der Waals surface area contributed by atoms with Gasteiger partial charge in [0.25, 0.3) is 0 Å². The highest BCUT2D eigenvalue weighted by atomic mass is 32.1. The zero-order chi connectivity index (χ0) is 15.4. The van der Waals surface area contributed by atoms with Gasteiger partial charge in [-0.1, -0.05) is 18.2 Å². The molecule has 0 spiro atoms. The summed E-state index contributed by atoms with van der Waals surface area (Å²) in [5.41, 5.74) is 2.22. The van der Waals surface area contributed by atoms with E-state index >= 15 is 0 Å². The van der Waals surface area contributed by atoms with Crippen LogP contribution in [0.5, 0.6) is 5.75 Å². The summed E-state index contributed by atoms with van der Waals surface area (Å²) < 4.78 is 18.0. The number of para-hydroxylation sites is 1. The number of hydrogen-bond acceptors (Lipinski definition) is 3. The van der Waals surface area contributed by atoms with Crippen molar-refractivity contribution in [3.05, 3.63) is 36.0 Å². The Hall–Kier alpha value is -1.66. The highest BCUT2D eigenvalue weighted by molar-refractivity contribution is 7.80. The lowest BCUT2D eigenvalue weighted by Gasteiger charge is -2.35. The minimum Gasteiger partial charge on any atom is -0.488 e. The van der Waals surface area contributed by atoms with Gasteiger partial charge in [0.2, 0.25) is 0 Å². The molecule has 2 aliphatic heterocycles. The largest absolute Gasteiger partial charge is 0.488 e. The smallest absolute Gasteiger partial charge is 0.173 e. The lowest BCUT2D eigenvalue weighted by atomic mass is 10.1. The number of ether oxygens (including phenoxy) is 1. The molecule has 0 bridgehead atoms. The van der Waals surface area contributed by atoms with E-state index in [1.165, 1.54) is 0 Å². The van der Waals surface area contributed by atoms with Crippen LogP contribution in [0, 0.1) is 0 Å². The van der Waals surface area contributed by atoms with Crippen LogP contribution in [0.3, 0.4) is 0 Å². The quantitative estimate of drug-likeness (QED) is 0.858. The molecule has 22 heavy (non-hydrogen) atoms. The van der Waals surface area contributed by atoms with Crippen LogP contribution in [0.4, 0.5) is 4.39 Å². The molecule has 3 rings (SSSR count). The van der Waals surface area contributed by atoms with Crippen LogP contribution in [0.15, 0.2) is 30.5 Å². The van der Waals surface area contributed by atoms with Crippen LogP contribution in [0.2, 0.25) is 0 Å². The number of thiocarbonyl (C=S) groups is 1. The minimum atomic E-state index is -0.284. The molecule has 0 saturated carbocycles. The Labute approximate surface area is 135 Å². The number of benzene rings is 1. The first kappa shape index (κ1) is 15.2. The Morgan fingerprint density at radius 2 is 2.05 bits per heavy atom. The Balaban J connectivity index is 1.54. The number of hydrogen-bond donors (Lipinski definition) is 1. The van der Waals surface area contributed by atoms with Gasteiger partial charge < -0.3 is 15.0 Å². The lowest BCUT2D eigenvalue weighted by molar-refractivity contribution is 0.171. The predicted molar refractivity (Wildman–Crippen MR) is 89.6 cm³/mol. The van der Waals surface area contributed by atoms with Gasteiger partial charge in [0.05, 0.1) is 0 Å². The number of alkyl halides is 1. The number of halogens is 1. The third-order valence-corrected chi connectivity index (χ3v) is 4.42. The molecule has 0 amide bonds. The molecular formula is C16H20FN3OS. The molecule has 4 nitrogen and oxygen atoms in total. The minimum absolute atomic E-state index is 0.284. The van der Waals surface area contributed by atoms with Crippen LogP contribution in [-0.4, -0.2) is 60.9 Å². The summed E-state index contributed by atoms with van der Waals surface area (Å²) in [6.45, 7) is 4.19. The average molecular weight is 321 g/mol. The van der Waals surface area contributed by atoms with Crippen LogP contribution in [-0.2, 0) is 0 Å². The van der Waals surface area contributed by atoms with Gasteiger partial charge in [-0.2, -0.15) is 0 Å². The molecule has 0 aromatic heterocycles. The predicted octanol–water partition coefficient (Wildman–Crippen LogP) is 1.88. The van der Waals surface area contributed by atoms with E-state index in [4.69, 9.17) is 17.0 Å². The number of nitrogens with one attached hydrogen (secondary N) is 1. The molecule has 0 unspecified atom stereocenters. The molecular weight excluding hydrogens is 301 g/mol. The van der Waals surface area contributed by atoms with E-state index in [-0.39, 0.29) is 6.67 Å². The third kappa shape index (κ3) is 3.39. The molecule has 1 fully saturated rings. The van der Waals surface area contributed by atoms with Gasteiger partial charge >= 0.3 is 0 Å². The van der Waals surface area contributed by atoms with Gasteiger partial charge in [-0.3, -0.25) is 4.90 Å². The van der Waals surface area contributed by atoms with Crippen LogP contribution in [0.1, 0.15) is 5.56 Å². The van der Waals surface area contributed by atoms with Crippen molar-refractivity contribution in [3.8, 4) is 5.75 Å². The second kappa shape index (κ2) is 7.07. The first-order chi connectivity index (χ1) is 10.8. The van der Waals surface area contributed by atoms with Gasteiger partial charge in [0, 0.05) is 50.1 Å². The Bertz CT molecular complexity index is 570. The fourth-order valence-corrected chi connectivity index (χ4v) is 2.99. The second-order valence-electron chi connectivity index (χ2n) is 5.42. The van der Waals surface area contributed by atoms with Crippen molar-refractivity contribution < 1.29 is 9.13 Å². The molecule has 2 aliphatic rings. The fraction of sp³-hybridized carbons (Fsp3) is 0.438. The highest BCUT2D eigenvalue weighted by Crippen LogP contribution is 2.31. The average Bonchev–Trinajstić information content (AvgIpc) is 2.97. The summed E-state index contributed by atoms with van der Waals surface area (Å²) in [5.74, 6) is 0.918. The van der Waals surface area contributed by atoms with Crippen molar-refractivity contribution >= 4 is 22.9 Å². The van der Waals surface area contributed by atoms with Crippen LogP contribution < -0.4 is 10.1 Å². The Morgan fingerprint density at radius 3 is 2.82 bits per heavy atom. The van der Waals surface area contributed by atoms with Crippen molar-refractivity contribution in [3.63, 3.8) is 0 Å². The SMILES string of the molecule is FCCN1CCN(C(=S)N/C=C2/COc3ccccc32)CC1. The van der Waals surface area contributed by atoms with Crippen molar-refractivity contribution in [2.75, 3.05) is 46.0 Å². The van der Waals surface area contributed by atoms with E-state index in [9.17, 15) is 4.39 Å². The summed E-state index contributed by atoms with van der Waals surface area (Å²) in [7, 11) is 0. The molecule has 0 radical (unpaired) electrons. The lowest BCUT2D eigenvalue weighted by Crippen LogP contribution is -2.51. The second-order valence-corrected chi connectivity index (χ2v) is 5.81. The number of rotatable bonds is 3. The number of nitrogens with zero attached hydrogens (tertiary/aromatic N) is 2.